The van der Waals surface area contributed by atoms with Gasteiger partial charge in [0, 0.05) is 17.7 Å². The van der Waals surface area contributed by atoms with Crippen LogP contribution in [0.1, 0.15) is 35.6 Å². The Kier molecular flexibility index (Phi) is 4.35. The Labute approximate surface area is 117 Å². The van der Waals surface area contributed by atoms with Gasteiger partial charge in [-0.2, -0.15) is 0 Å². The molecule has 0 saturated carbocycles. The first-order valence-electron chi connectivity index (χ1n) is 6.02. The Bertz CT molecular complexity index is 559. The van der Waals surface area contributed by atoms with Crippen molar-refractivity contribution >= 4 is 17.4 Å². The Morgan fingerprint density at radius 3 is 2.68 bits per heavy atom. The molecule has 0 N–H and O–H groups in total. The van der Waals surface area contributed by atoms with Crippen molar-refractivity contribution < 1.29 is 9.53 Å². The Morgan fingerprint density at radius 2 is 2.11 bits per heavy atom. The van der Waals surface area contributed by atoms with Gasteiger partial charge in [0.15, 0.2) is 0 Å². The summed E-state index contributed by atoms with van der Waals surface area (Å²) in [6.45, 7) is 1.99. The second kappa shape index (κ2) is 5.99. The van der Waals surface area contributed by atoms with E-state index >= 15 is 0 Å². The highest BCUT2D eigenvalue weighted by Gasteiger charge is 2.18. The molecule has 0 fully saturated rings. The number of carbonyl (C=O) groups is 1. The van der Waals surface area contributed by atoms with Gasteiger partial charge in [-0.25, -0.2) is 4.98 Å². The Morgan fingerprint density at radius 1 is 1.42 bits per heavy atom. The van der Waals surface area contributed by atoms with Crippen LogP contribution >= 0.6 is 11.6 Å². The lowest BCUT2D eigenvalue weighted by Crippen LogP contribution is -2.16. The minimum Gasteiger partial charge on any atom is -0.361 e. The average molecular weight is 279 g/mol. The number of halogens is 1. The van der Waals surface area contributed by atoms with Crippen LogP contribution in [0.2, 0.25) is 5.02 Å². The van der Waals surface area contributed by atoms with Gasteiger partial charge in [0.05, 0.1) is 12.5 Å². The Balaban J connectivity index is 2.34. The van der Waals surface area contributed by atoms with Crippen LogP contribution in [-0.4, -0.2) is 22.4 Å². The third kappa shape index (κ3) is 2.85. The first kappa shape index (κ1) is 13.8. The number of aromatic nitrogens is 2. The minimum absolute atomic E-state index is 0.0929. The quantitative estimate of drug-likeness (QED) is 0.788. The van der Waals surface area contributed by atoms with Gasteiger partial charge in [-0.15, -0.1) is 0 Å². The number of benzene rings is 1. The molecule has 1 unspecified atom stereocenters. The molecule has 1 aromatic heterocycles. The lowest BCUT2D eigenvalue weighted by molar-refractivity contribution is 0.0387. The number of methoxy groups -OCH3 is 1. The highest BCUT2D eigenvalue weighted by atomic mass is 35.5. The number of carbonyl (C=O) groups excluding carboxylic acids is 1. The molecule has 19 heavy (non-hydrogen) atoms. The highest BCUT2D eigenvalue weighted by molar-refractivity contribution is 6.30. The van der Waals surface area contributed by atoms with Gasteiger partial charge in [0.1, 0.15) is 11.9 Å². The number of nitrogens with zero attached hydrogens (tertiary/aromatic N) is 2. The average Bonchev–Trinajstić information content (AvgIpc) is 2.89. The molecule has 2 rings (SSSR count). The van der Waals surface area contributed by atoms with E-state index < -0.39 is 0 Å². The SMILES string of the molecule is CCC(OC)n1cncc1C(=O)c1ccc(Cl)cc1. The van der Waals surface area contributed by atoms with E-state index in [-0.39, 0.29) is 12.0 Å². The number of hydrogen-bond acceptors (Lipinski definition) is 3. The zero-order valence-corrected chi connectivity index (χ0v) is 11.6. The van der Waals surface area contributed by atoms with E-state index in [0.717, 1.165) is 6.42 Å². The maximum Gasteiger partial charge on any atom is 0.211 e. The third-order valence-corrected chi connectivity index (χ3v) is 3.19. The number of imidazole rings is 1. The summed E-state index contributed by atoms with van der Waals surface area (Å²) in [6.07, 6.45) is 3.74. The lowest BCUT2D eigenvalue weighted by atomic mass is 10.1. The van der Waals surface area contributed by atoms with E-state index in [2.05, 4.69) is 4.98 Å². The van der Waals surface area contributed by atoms with Crippen LogP contribution in [0, 0.1) is 0 Å². The number of hydrogen-bond donors (Lipinski definition) is 0. The molecule has 0 bridgehead atoms. The fraction of sp³-hybridized carbons (Fsp3) is 0.286. The predicted molar refractivity (Wildman–Crippen MR) is 73.4 cm³/mol. The van der Waals surface area contributed by atoms with Crippen molar-refractivity contribution in [2.24, 2.45) is 0 Å². The fourth-order valence-corrected chi connectivity index (χ4v) is 2.06. The summed E-state index contributed by atoms with van der Waals surface area (Å²) in [6, 6.07) is 6.80. The molecule has 0 spiro atoms. The maximum atomic E-state index is 12.4. The van der Waals surface area contributed by atoms with Crippen molar-refractivity contribution in [1.82, 2.24) is 9.55 Å². The van der Waals surface area contributed by atoms with Gasteiger partial charge in [0.25, 0.3) is 0 Å². The van der Waals surface area contributed by atoms with Crippen molar-refractivity contribution in [3.05, 3.63) is 53.1 Å². The predicted octanol–water partition coefficient (Wildman–Crippen LogP) is 3.32. The van der Waals surface area contributed by atoms with E-state index in [9.17, 15) is 4.79 Å². The second-order valence-corrected chi connectivity index (χ2v) is 4.56. The van der Waals surface area contributed by atoms with Crippen molar-refractivity contribution in [3.8, 4) is 0 Å². The topological polar surface area (TPSA) is 44.1 Å². The Hall–Kier alpha value is -1.65. The smallest absolute Gasteiger partial charge is 0.211 e. The van der Waals surface area contributed by atoms with Gasteiger partial charge in [-0.3, -0.25) is 4.79 Å². The fourth-order valence-electron chi connectivity index (χ4n) is 1.94. The molecule has 0 aliphatic heterocycles. The minimum atomic E-state index is -0.186. The van der Waals surface area contributed by atoms with Crippen LogP contribution in [0.4, 0.5) is 0 Å². The van der Waals surface area contributed by atoms with E-state index in [1.54, 1.807) is 48.5 Å². The van der Waals surface area contributed by atoms with Gasteiger partial charge >= 0.3 is 0 Å². The molecule has 1 heterocycles. The summed E-state index contributed by atoms with van der Waals surface area (Å²) >= 11 is 5.82. The zero-order valence-electron chi connectivity index (χ0n) is 10.8. The molecule has 0 radical (unpaired) electrons. The molecule has 0 aliphatic rings. The molecular weight excluding hydrogens is 264 g/mol. The molecule has 100 valence electrons. The largest absolute Gasteiger partial charge is 0.361 e. The lowest BCUT2D eigenvalue weighted by Gasteiger charge is -2.17. The summed E-state index contributed by atoms with van der Waals surface area (Å²) in [5.74, 6) is -0.0929. The van der Waals surface area contributed by atoms with Gasteiger partial charge in [-0.1, -0.05) is 18.5 Å². The van der Waals surface area contributed by atoms with Crippen molar-refractivity contribution in [2.45, 2.75) is 19.6 Å². The standard InChI is InChI=1S/C14H15ClN2O2/c1-3-13(19-2)17-9-16-8-12(17)14(18)10-4-6-11(15)7-5-10/h4-9,13H,3H2,1-2H3. The highest BCUT2D eigenvalue weighted by Crippen LogP contribution is 2.18. The van der Waals surface area contributed by atoms with Crippen LogP contribution in [0.25, 0.3) is 0 Å². The van der Waals surface area contributed by atoms with E-state index in [1.165, 1.54) is 0 Å². The third-order valence-electron chi connectivity index (χ3n) is 2.94. The molecule has 0 aliphatic carbocycles. The number of ether oxygens (including phenoxy) is 1. The van der Waals surface area contributed by atoms with Gasteiger partial charge in [-0.05, 0) is 30.7 Å². The summed E-state index contributed by atoms with van der Waals surface area (Å²) < 4.78 is 7.09. The summed E-state index contributed by atoms with van der Waals surface area (Å²) in [5.41, 5.74) is 1.09. The van der Waals surface area contributed by atoms with Crippen LogP contribution < -0.4 is 0 Å². The zero-order chi connectivity index (χ0) is 13.8. The van der Waals surface area contributed by atoms with E-state index in [1.807, 2.05) is 6.92 Å². The monoisotopic (exact) mass is 278 g/mol. The first-order chi connectivity index (χ1) is 9.17. The van der Waals surface area contributed by atoms with Gasteiger partial charge < -0.3 is 9.30 Å². The van der Waals surface area contributed by atoms with E-state index in [4.69, 9.17) is 16.3 Å². The molecule has 2 aromatic rings. The molecule has 0 amide bonds. The number of rotatable bonds is 5. The van der Waals surface area contributed by atoms with Crippen molar-refractivity contribution in [1.29, 1.82) is 0 Å². The summed E-state index contributed by atoms with van der Waals surface area (Å²) in [4.78, 5) is 16.5. The van der Waals surface area contributed by atoms with Crippen LogP contribution in [-0.2, 0) is 4.74 Å². The second-order valence-electron chi connectivity index (χ2n) is 4.12. The molecular formula is C14H15ClN2O2. The van der Waals surface area contributed by atoms with Crippen molar-refractivity contribution in [3.63, 3.8) is 0 Å². The van der Waals surface area contributed by atoms with Crippen LogP contribution in [0.15, 0.2) is 36.8 Å². The molecule has 0 saturated heterocycles. The summed E-state index contributed by atoms with van der Waals surface area (Å²) in [7, 11) is 1.62. The van der Waals surface area contributed by atoms with Gasteiger partial charge in [0.2, 0.25) is 5.78 Å². The maximum absolute atomic E-state index is 12.4. The molecule has 1 aromatic carbocycles. The van der Waals surface area contributed by atoms with Crippen molar-refractivity contribution in [2.75, 3.05) is 7.11 Å². The molecule has 4 nitrogen and oxygen atoms in total. The van der Waals surface area contributed by atoms with E-state index in [0.29, 0.717) is 16.3 Å². The van der Waals surface area contributed by atoms with Crippen LogP contribution in [0.3, 0.4) is 0 Å². The molecule has 1 atom stereocenters. The normalized spacial score (nSPS) is 12.4. The summed E-state index contributed by atoms with van der Waals surface area (Å²) in [5, 5.41) is 0.605. The number of ketones is 1. The first-order valence-corrected chi connectivity index (χ1v) is 6.40. The van der Waals surface area contributed by atoms with Crippen LogP contribution in [0.5, 0.6) is 0 Å². The molecule has 5 heteroatoms.